The Morgan fingerprint density at radius 3 is 2.93 bits per heavy atom. The molecule has 2 rings (SSSR count). The summed E-state index contributed by atoms with van der Waals surface area (Å²) in [5.74, 6) is 1.58. The molecule has 2 N–H and O–H groups in total. The number of nitrogens with zero attached hydrogens (tertiary/aromatic N) is 3. The van der Waals surface area contributed by atoms with Crippen molar-refractivity contribution >= 4 is 0 Å². The fraction of sp³-hybridized carbons (Fsp3) is 0.889. The minimum atomic E-state index is 0.566. The molecule has 0 bridgehead atoms. The van der Waals surface area contributed by atoms with Crippen LogP contribution in [0.15, 0.2) is 0 Å². The first-order valence-corrected chi connectivity index (χ1v) is 5.32. The Balaban J connectivity index is 1.74. The van der Waals surface area contributed by atoms with Gasteiger partial charge in [-0.15, -0.1) is 10.2 Å². The predicted molar refractivity (Wildman–Crippen MR) is 52.4 cm³/mol. The Kier molecular flexibility index (Phi) is 3.08. The largest absolute Gasteiger partial charge is 0.307 e. The van der Waals surface area contributed by atoms with Crippen molar-refractivity contribution in [3.63, 3.8) is 0 Å². The molecule has 1 saturated carbocycles. The van der Waals surface area contributed by atoms with Gasteiger partial charge >= 0.3 is 0 Å². The fourth-order valence-corrected chi connectivity index (χ4v) is 2.13. The quantitative estimate of drug-likeness (QED) is 0.748. The van der Waals surface area contributed by atoms with Gasteiger partial charge in [0, 0.05) is 6.04 Å². The Bertz CT molecular complexity index is 252. The fourth-order valence-electron chi connectivity index (χ4n) is 2.13. The zero-order valence-corrected chi connectivity index (χ0v) is 8.53. The number of aromatic nitrogens is 4. The van der Waals surface area contributed by atoms with Crippen molar-refractivity contribution in [1.82, 2.24) is 25.9 Å². The van der Waals surface area contributed by atoms with Gasteiger partial charge in [-0.2, -0.15) is 5.21 Å². The summed E-state index contributed by atoms with van der Waals surface area (Å²) in [6.07, 6.45) is 5.50. The van der Waals surface area contributed by atoms with Gasteiger partial charge in [-0.1, -0.05) is 18.1 Å². The maximum Gasteiger partial charge on any atom is 0.188 e. The second-order valence-electron chi connectivity index (χ2n) is 4.04. The summed E-state index contributed by atoms with van der Waals surface area (Å²) < 4.78 is 0. The van der Waals surface area contributed by atoms with Gasteiger partial charge in [-0.3, -0.25) is 0 Å². The monoisotopic (exact) mass is 195 g/mol. The van der Waals surface area contributed by atoms with Gasteiger partial charge in [-0.25, -0.2) is 0 Å². The Labute approximate surface area is 83.7 Å². The van der Waals surface area contributed by atoms with E-state index in [1.54, 1.807) is 0 Å². The molecule has 0 spiro atoms. The van der Waals surface area contributed by atoms with Crippen LogP contribution in [0.25, 0.3) is 0 Å². The van der Waals surface area contributed by atoms with Crippen LogP contribution >= 0.6 is 0 Å². The van der Waals surface area contributed by atoms with E-state index in [0.29, 0.717) is 12.6 Å². The van der Waals surface area contributed by atoms with Crippen molar-refractivity contribution in [2.45, 2.75) is 45.2 Å². The highest BCUT2D eigenvalue weighted by Gasteiger charge is 2.21. The smallest absolute Gasteiger partial charge is 0.188 e. The third kappa shape index (κ3) is 2.29. The first-order valence-electron chi connectivity index (χ1n) is 5.32. The van der Waals surface area contributed by atoms with Gasteiger partial charge in [0.1, 0.15) is 0 Å². The zero-order chi connectivity index (χ0) is 9.80. The molecule has 1 atom stereocenters. The average molecular weight is 195 g/mol. The molecule has 1 fully saturated rings. The van der Waals surface area contributed by atoms with Gasteiger partial charge in [-0.05, 0) is 25.7 Å². The van der Waals surface area contributed by atoms with Crippen molar-refractivity contribution in [3.05, 3.63) is 5.82 Å². The van der Waals surface area contributed by atoms with Gasteiger partial charge < -0.3 is 5.32 Å². The molecule has 78 valence electrons. The molecule has 0 aliphatic heterocycles. The van der Waals surface area contributed by atoms with E-state index in [4.69, 9.17) is 0 Å². The van der Waals surface area contributed by atoms with Crippen LogP contribution in [-0.2, 0) is 6.54 Å². The van der Waals surface area contributed by atoms with Crippen LogP contribution in [0.2, 0.25) is 0 Å². The predicted octanol–water partition coefficient (Wildman–Crippen LogP) is 0.868. The molecule has 5 nitrogen and oxygen atoms in total. The number of H-pyrrole nitrogens is 1. The van der Waals surface area contributed by atoms with E-state index in [0.717, 1.165) is 11.7 Å². The summed E-state index contributed by atoms with van der Waals surface area (Å²) in [6.45, 7) is 2.96. The maximum atomic E-state index is 3.91. The van der Waals surface area contributed by atoms with Crippen LogP contribution in [0.4, 0.5) is 0 Å². The number of hydrogen-bond donors (Lipinski definition) is 2. The molecule has 5 heteroatoms. The highest BCUT2D eigenvalue weighted by molar-refractivity contribution is 4.81. The minimum Gasteiger partial charge on any atom is -0.307 e. The standard InChI is InChI=1S/C9H17N5/c1-7(8-4-2-3-5-8)10-6-9-11-13-14-12-9/h7-8,10H,2-6H2,1H3,(H,11,12,13,14). The van der Waals surface area contributed by atoms with E-state index in [1.165, 1.54) is 25.7 Å². The second-order valence-corrected chi connectivity index (χ2v) is 4.04. The Hall–Kier alpha value is -0.970. The first kappa shape index (κ1) is 9.58. The number of aromatic amines is 1. The summed E-state index contributed by atoms with van der Waals surface area (Å²) >= 11 is 0. The number of rotatable bonds is 4. The van der Waals surface area contributed by atoms with Crippen LogP contribution < -0.4 is 5.32 Å². The topological polar surface area (TPSA) is 66.5 Å². The molecule has 1 aromatic heterocycles. The highest BCUT2D eigenvalue weighted by atomic mass is 15.5. The zero-order valence-electron chi connectivity index (χ0n) is 8.53. The molecular weight excluding hydrogens is 178 g/mol. The third-order valence-electron chi connectivity index (χ3n) is 3.08. The maximum absolute atomic E-state index is 3.91. The van der Waals surface area contributed by atoms with Crippen LogP contribution in [0, 0.1) is 5.92 Å². The van der Waals surface area contributed by atoms with Crippen molar-refractivity contribution < 1.29 is 0 Å². The van der Waals surface area contributed by atoms with E-state index in [2.05, 4.69) is 32.9 Å². The lowest BCUT2D eigenvalue weighted by atomic mass is 10.00. The molecule has 0 aromatic carbocycles. The molecule has 1 unspecified atom stereocenters. The van der Waals surface area contributed by atoms with Gasteiger partial charge in [0.15, 0.2) is 5.82 Å². The van der Waals surface area contributed by atoms with E-state index in [-0.39, 0.29) is 0 Å². The Morgan fingerprint density at radius 2 is 2.29 bits per heavy atom. The summed E-state index contributed by atoms with van der Waals surface area (Å²) in [7, 11) is 0. The lowest BCUT2D eigenvalue weighted by molar-refractivity contribution is 0.377. The van der Waals surface area contributed by atoms with Crippen LogP contribution in [-0.4, -0.2) is 26.7 Å². The summed E-state index contributed by atoms with van der Waals surface area (Å²) in [4.78, 5) is 0. The van der Waals surface area contributed by atoms with Gasteiger partial charge in [0.25, 0.3) is 0 Å². The second kappa shape index (κ2) is 4.50. The molecule has 0 amide bonds. The van der Waals surface area contributed by atoms with Crippen LogP contribution in [0.1, 0.15) is 38.4 Å². The van der Waals surface area contributed by atoms with Gasteiger partial charge in [0.05, 0.1) is 6.54 Å². The van der Waals surface area contributed by atoms with Crippen molar-refractivity contribution in [1.29, 1.82) is 0 Å². The molecular formula is C9H17N5. The summed E-state index contributed by atoms with van der Waals surface area (Å²) in [5, 5.41) is 17.2. The average Bonchev–Trinajstić information content (AvgIpc) is 2.87. The van der Waals surface area contributed by atoms with Crippen molar-refractivity contribution in [2.24, 2.45) is 5.92 Å². The van der Waals surface area contributed by atoms with E-state index >= 15 is 0 Å². The lowest BCUT2D eigenvalue weighted by Crippen LogP contribution is -2.32. The number of tetrazole rings is 1. The molecule has 1 heterocycles. The lowest BCUT2D eigenvalue weighted by Gasteiger charge is -2.19. The molecule has 14 heavy (non-hydrogen) atoms. The SMILES string of the molecule is CC(NCc1nn[nH]n1)C1CCCC1. The first-order chi connectivity index (χ1) is 6.86. The van der Waals surface area contributed by atoms with Crippen LogP contribution in [0.5, 0.6) is 0 Å². The third-order valence-corrected chi connectivity index (χ3v) is 3.08. The highest BCUT2D eigenvalue weighted by Crippen LogP contribution is 2.27. The van der Waals surface area contributed by atoms with Crippen molar-refractivity contribution in [2.75, 3.05) is 0 Å². The van der Waals surface area contributed by atoms with E-state index < -0.39 is 0 Å². The normalized spacial score (nSPS) is 20.1. The van der Waals surface area contributed by atoms with Gasteiger partial charge in [0.2, 0.25) is 0 Å². The molecule has 0 saturated heterocycles. The molecule has 1 aliphatic rings. The van der Waals surface area contributed by atoms with Crippen LogP contribution in [0.3, 0.4) is 0 Å². The molecule has 1 aliphatic carbocycles. The Morgan fingerprint density at radius 1 is 1.50 bits per heavy atom. The minimum absolute atomic E-state index is 0.566. The van der Waals surface area contributed by atoms with E-state index in [9.17, 15) is 0 Å². The van der Waals surface area contributed by atoms with Crippen molar-refractivity contribution in [3.8, 4) is 0 Å². The molecule has 1 aromatic rings. The summed E-state index contributed by atoms with van der Waals surface area (Å²) in [5.41, 5.74) is 0. The molecule has 0 radical (unpaired) electrons. The summed E-state index contributed by atoms with van der Waals surface area (Å²) in [6, 6.07) is 0.566. The number of hydrogen-bond acceptors (Lipinski definition) is 4. The van der Waals surface area contributed by atoms with E-state index in [1.807, 2.05) is 0 Å². The number of nitrogens with one attached hydrogen (secondary N) is 2.